The summed E-state index contributed by atoms with van der Waals surface area (Å²) in [7, 11) is 0. The van der Waals surface area contributed by atoms with Gasteiger partial charge in [0.15, 0.2) is 5.82 Å². The van der Waals surface area contributed by atoms with Gasteiger partial charge in [0, 0.05) is 10.0 Å². The van der Waals surface area contributed by atoms with Gasteiger partial charge in [0.25, 0.3) is 0 Å². The quantitative estimate of drug-likeness (QED) is 0.715. The molecule has 1 aromatic heterocycles. The number of aromatic amines is 1. The smallest absolute Gasteiger partial charge is 0.231 e. The molecule has 0 aliphatic carbocycles. The molecule has 8 heteroatoms. The van der Waals surface area contributed by atoms with Crippen LogP contribution in [-0.4, -0.2) is 32.4 Å². The first-order valence-corrected chi connectivity index (χ1v) is 9.15. The molecule has 2 N–H and O–H groups in total. The number of nitriles is 1. The van der Waals surface area contributed by atoms with E-state index in [0.717, 1.165) is 10.0 Å². The van der Waals surface area contributed by atoms with Crippen molar-refractivity contribution in [3.8, 4) is 17.5 Å². The molecular weight excluding hydrogens is 390 g/mol. The first kappa shape index (κ1) is 18.5. The summed E-state index contributed by atoms with van der Waals surface area (Å²) in [4.78, 5) is 16.4. The number of hydrogen-bond donors (Lipinski definition) is 2. The Labute approximate surface area is 153 Å². The van der Waals surface area contributed by atoms with Crippen LogP contribution in [0.4, 0.5) is 0 Å². The topological polar surface area (TPSA) is 94.5 Å². The summed E-state index contributed by atoms with van der Waals surface area (Å²) < 4.78 is 0.989. The number of thioether (sulfide) groups is 1. The number of nitrogens with one attached hydrogen (secondary N) is 2. The van der Waals surface area contributed by atoms with Gasteiger partial charge < -0.3 is 5.32 Å². The Kier molecular flexibility index (Phi) is 6.02. The average Bonchev–Trinajstić information content (AvgIpc) is 3.02. The zero-order chi connectivity index (χ0) is 17.7. The molecule has 1 heterocycles. The third-order valence-corrected chi connectivity index (χ3v) is 5.08. The van der Waals surface area contributed by atoms with E-state index in [9.17, 15) is 10.1 Å². The van der Waals surface area contributed by atoms with Crippen LogP contribution < -0.4 is 5.32 Å². The highest BCUT2D eigenvalue weighted by molar-refractivity contribution is 9.10. The second-order valence-corrected chi connectivity index (χ2v) is 7.64. The fraction of sp³-hybridized carbons (Fsp3) is 0.375. The van der Waals surface area contributed by atoms with Crippen LogP contribution >= 0.6 is 27.7 Å². The number of nitrogens with zero attached hydrogens (tertiary/aromatic N) is 3. The van der Waals surface area contributed by atoms with Crippen molar-refractivity contribution in [3.63, 3.8) is 0 Å². The maximum Gasteiger partial charge on any atom is 0.231 e. The second kappa shape index (κ2) is 7.81. The molecule has 6 nitrogen and oxygen atoms in total. The van der Waals surface area contributed by atoms with Gasteiger partial charge in [0.2, 0.25) is 11.1 Å². The molecule has 0 aliphatic rings. The predicted octanol–water partition coefficient (Wildman–Crippen LogP) is 3.38. The van der Waals surface area contributed by atoms with Crippen LogP contribution in [0.3, 0.4) is 0 Å². The lowest BCUT2D eigenvalue weighted by atomic mass is 9.90. The highest BCUT2D eigenvalue weighted by atomic mass is 79.9. The van der Waals surface area contributed by atoms with Crippen LogP contribution in [0.15, 0.2) is 33.9 Å². The molecular formula is C16H18BrN5OS. The van der Waals surface area contributed by atoms with Crippen molar-refractivity contribution in [1.29, 1.82) is 5.26 Å². The average molecular weight is 408 g/mol. The Morgan fingerprint density at radius 1 is 1.46 bits per heavy atom. The van der Waals surface area contributed by atoms with E-state index >= 15 is 0 Å². The predicted molar refractivity (Wildman–Crippen MR) is 97.2 cm³/mol. The van der Waals surface area contributed by atoms with Gasteiger partial charge in [-0.3, -0.25) is 9.89 Å². The van der Waals surface area contributed by atoms with Crippen molar-refractivity contribution < 1.29 is 4.79 Å². The fourth-order valence-electron chi connectivity index (χ4n) is 1.81. The van der Waals surface area contributed by atoms with Gasteiger partial charge in [-0.25, -0.2) is 4.98 Å². The molecule has 2 rings (SSSR count). The molecule has 0 spiro atoms. The number of H-pyrrole nitrogens is 1. The van der Waals surface area contributed by atoms with E-state index in [1.54, 1.807) is 6.92 Å². The largest absolute Gasteiger partial charge is 0.337 e. The van der Waals surface area contributed by atoms with Gasteiger partial charge in [-0.1, -0.05) is 53.7 Å². The zero-order valence-electron chi connectivity index (χ0n) is 13.6. The molecule has 0 radical (unpaired) electrons. The number of halogens is 1. The number of amides is 1. The molecule has 0 unspecified atom stereocenters. The van der Waals surface area contributed by atoms with Crippen LogP contribution in [0.2, 0.25) is 0 Å². The van der Waals surface area contributed by atoms with Crippen molar-refractivity contribution in [1.82, 2.24) is 20.5 Å². The molecule has 0 saturated heterocycles. The summed E-state index contributed by atoms with van der Waals surface area (Å²) in [6, 6.07) is 9.85. The molecule has 0 aliphatic heterocycles. The van der Waals surface area contributed by atoms with Crippen molar-refractivity contribution in [2.24, 2.45) is 5.92 Å². The standard InChI is InChI=1S/C16H18BrN5OS/c1-10(2)16(3,9-18)20-13(23)8-24-15-19-14(21-22-15)11-4-6-12(17)7-5-11/h4-7,10H,8H2,1-3H3,(H,20,23)(H,19,21,22)/t16-/m1/s1. The van der Waals surface area contributed by atoms with Crippen LogP contribution in [-0.2, 0) is 4.79 Å². The van der Waals surface area contributed by atoms with Gasteiger partial charge in [-0.15, -0.1) is 5.10 Å². The highest BCUT2D eigenvalue weighted by Crippen LogP contribution is 2.21. The van der Waals surface area contributed by atoms with E-state index in [0.29, 0.717) is 11.0 Å². The van der Waals surface area contributed by atoms with Crippen molar-refractivity contribution in [2.45, 2.75) is 31.5 Å². The molecule has 0 saturated carbocycles. The number of rotatable bonds is 6. The van der Waals surface area contributed by atoms with Crippen molar-refractivity contribution in [2.75, 3.05) is 5.75 Å². The van der Waals surface area contributed by atoms with E-state index in [1.807, 2.05) is 38.1 Å². The highest BCUT2D eigenvalue weighted by Gasteiger charge is 2.29. The van der Waals surface area contributed by atoms with Crippen molar-refractivity contribution >= 4 is 33.6 Å². The summed E-state index contributed by atoms with van der Waals surface area (Å²) in [6.07, 6.45) is 0. The summed E-state index contributed by atoms with van der Waals surface area (Å²) >= 11 is 4.61. The summed E-state index contributed by atoms with van der Waals surface area (Å²) in [5.41, 5.74) is 0.0399. The minimum absolute atomic E-state index is 0.0176. The SMILES string of the molecule is CC(C)[C@@](C)(C#N)NC(=O)CSc1n[nH]c(-c2ccc(Br)cc2)n1. The third kappa shape index (κ3) is 4.58. The van der Waals surface area contributed by atoms with Gasteiger partial charge in [0.1, 0.15) is 5.54 Å². The van der Waals surface area contributed by atoms with Gasteiger partial charge >= 0.3 is 0 Å². The Morgan fingerprint density at radius 2 is 2.12 bits per heavy atom. The van der Waals surface area contributed by atoms with Gasteiger partial charge in [0.05, 0.1) is 11.8 Å². The maximum atomic E-state index is 12.1. The summed E-state index contributed by atoms with van der Waals surface area (Å²) in [6.45, 7) is 5.52. The Morgan fingerprint density at radius 3 is 2.71 bits per heavy atom. The Bertz CT molecular complexity index is 753. The molecule has 1 aromatic carbocycles. The van der Waals surface area contributed by atoms with E-state index < -0.39 is 5.54 Å². The summed E-state index contributed by atoms with van der Waals surface area (Å²) in [5.74, 6) is 0.605. The van der Waals surface area contributed by atoms with Crippen LogP contribution in [0.1, 0.15) is 20.8 Å². The number of aromatic nitrogens is 3. The molecule has 24 heavy (non-hydrogen) atoms. The Balaban J connectivity index is 1.95. The lowest BCUT2D eigenvalue weighted by Crippen LogP contribution is -2.49. The van der Waals surface area contributed by atoms with Gasteiger partial charge in [-0.05, 0) is 25.0 Å². The molecule has 126 valence electrons. The minimum Gasteiger partial charge on any atom is -0.337 e. The van der Waals surface area contributed by atoms with Gasteiger partial charge in [-0.2, -0.15) is 5.26 Å². The van der Waals surface area contributed by atoms with E-state index in [2.05, 4.69) is 42.5 Å². The molecule has 0 fully saturated rings. The monoisotopic (exact) mass is 407 g/mol. The van der Waals surface area contributed by atoms with E-state index in [4.69, 9.17) is 0 Å². The van der Waals surface area contributed by atoms with Crippen LogP contribution in [0.5, 0.6) is 0 Å². The first-order valence-electron chi connectivity index (χ1n) is 7.37. The second-order valence-electron chi connectivity index (χ2n) is 5.78. The summed E-state index contributed by atoms with van der Waals surface area (Å²) in [5, 5.41) is 19.5. The first-order chi connectivity index (χ1) is 11.3. The molecule has 1 amide bonds. The van der Waals surface area contributed by atoms with Crippen LogP contribution in [0.25, 0.3) is 11.4 Å². The van der Waals surface area contributed by atoms with Crippen molar-refractivity contribution in [3.05, 3.63) is 28.7 Å². The normalized spacial score (nSPS) is 13.3. The lowest BCUT2D eigenvalue weighted by molar-refractivity contribution is -0.120. The molecule has 2 aromatic rings. The van der Waals surface area contributed by atoms with E-state index in [-0.39, 0.29) is 17.6 Å². The maximum absolute atomic E-state index is 12.1. The third-order valence-electron chi connectivity index (χ3n) is 3.70. The van der Waals surface area contributed by atoms with E-state index in [1.165, 1.54) is 11.8 Å². The fourth-order valence-corrected chi connectivity index (χ4v) is 2.67. The number of benzene rings is 1. The minimum atomic E-state index is -0.876. The number of carbonyl (C=O) groups is 1. The van der Waals surface area contributed by atoms with Crippen LogP contribution in [0, 0.1) is 17.2 Å². The number of carbonyl (C=O) groups excluding carboxylic acids is 1. The molecule has 1 atom stereocenters. The zero-order valence-corrected chi connectivity index (χ0v) is 16.0. The lowest BCUT2D eigenvalue weighted by Gasteiger charge is -2.27. The number of hydrogen-bond acceptors (Lipinski definition) is 5. The Hall–Kier alpha value is -1.85. The molecule has 0 bridgehead atoms.